The van der Waals surface area contributed by atoms with E-state index >= 15 is 0 Å². The molecular formula is C48H43N3. The van der Waals surface area contributed by atoms with E-state index in [1.807, 2.05) is 12.1 Å². The maximum absolute atomic E-state index is 6.97. The SMILES string of the molecule is C=C/C=c1/cccc/c1=C(/C)c1c(Nc2cccc(C(N)NC(/C=C(\C)c3ccc4ccccc4c3)c3ccccc3)c2)ccc2ccccc12. The second-order valence-corrected chi connectivity index (χ2v) is 13.0. The molecule has 2 atom stereocenters. The number of anilines is 2. The van der Waals surface area contributed by atoms with Crippen molar-refractivity contribution in [3.05, 3.63) is 209 Å². The van der Waals surface area contributed by atoms with E-state index < -0.39 is 6.17 Å². The third kappa shape index (κ3) is 7.46. The molecule has 3 nitrogen and oxygen atoms in total. The van der Waals surface area contributed by atoms with Crippen LogP contribution in [-0.2, 0) is 0 Å². The molecule has 0 aliphatic heterocycles. The van der Waals surface area contributed by atoms with Gasteiger partial charge in [-0.15, -0.1) is 0 Å². The molecule has 0 saturated heterocycles. The highest BCUT2D eigenvalue weighted by Gasteiger charge is 2.16. The van der Waals surface area contributed by atoms with Gasteiger partial charge in [-0.3, -0.25) is 5.32 Å². The Labute approximate surface area is 300 Å². The zero-order chi connectivity index (χ0) is 35.2. The maximum atomic E-state index is 6.97. The van der Waals surface area contributed by atoms with Crippen molar-refractivity contribution in [1.29, 1.82) is 0 Å². The van der Waals surface area contributed by atoms with Crippen LogP contribution in [0.2, 0.25) is 0 Å². The second kappa shape index (κ2) is 15.3. The largest absolute Gasteiger partial charge is 0.355 e. The quantitative estimate of drug-likeness (QED) is 0.128. The summed E-state index contributed by atoms with van der Waals surface area (Å²) in [6.45, 7) is 8.33. The summed E-state index contributed by atoms with van der Waals surface area (Å²) in [5, 5.41) is 14.7. The fraction of sp³-hybridized carbons (Fsp3) is 0.0833. The first kappa shape index (κ1) is 33.5. The van der Waals surface area contributed by atoms with Gasteiger partial charge >= 0.3 is 0 Å². The first-order valence-corrected chi connectivity index (χ1v) is 17.5. The zero-order valence-electron chi connectivity index (χ0n) is 29.2. The fourth-order valence-corrected chi connectivity index (χ4v) is 6.96. The number of nitrogens with two attached hydrogens (primary N) is 1. The Morgan fingerprint density at radius 2 is 1.33 bits per heavy atom. The molecule has 0 aliphatic carbocycles. The van der Waals surface area contributed by atoms with Crippen molar-refractivity contribution in [2.75, 3.05) is 5.32 Å². The van der Waals surface area contributed by atoms with Gasteiger partial charge in [-0.05, 0) is 97.9 Å². The minimum absolute atomic E-state index is 0.0962. The molecule has 0 heterocycles. The monoisotopic (exact) mass is 661 g/mol. The van der Waals surface area contributed by atoms with Crippen molar-refractivity contribution in [3.63, 3.8) is 0 Å². The third-order valence-electron chi connectivity index (χ3n) is 9.63. The summed E-state index contributed by atoms with van der Waals surface area (Å²) in [6.07, 6.45) is 5.78. The molecule has 0 radical (unpaired) electrons. The normalized spacial score (nSPS) is 13.9. The number of benzene rings is 7. The summed E-state index contributed by atoms with van der Waals surface area (Å²) in [5.41, 5.74) is 15.9. The Balaban J connectivity index is 1.22. The Hall–Kier alpha value is -6.00. The van der Waals surface area contributed by atoms with Crippen LogP contribution >= 0.6 is 0 Å². The highest BCUT2D eigenvalue weighted by Crippen LogP contribution is 2.34. The van der Waals surface area contributed by atoms with E-state index in [4.69, 9.17) is 5.73 Å². The van der Waals surface area contributed by atoms with Gasteiger partial charge in [-0.25, -0.2) is 0 Å². The van der Waals surface area contributed by atoms with Crippen molar-refractivity contribution in [2.45, 2.75) is 26.1 Å². The first-order valence-electron chi connectivity index (χ1n) is 17.5. The molecule has 7 aromatic rings. The number of hydrogen-bond donors (Lipinski definition) is 3. The minimum Gasteiger partial charge on any atom is -0.355 e. The van der Waals surface area contributed by atoms with Crippen molar-refractivity contribution in [1.82, 2.24) is 5.32 Å². The van der Waals surface area contributed by atoms with Gasteiger partial charge in [0.05, 0.1) is 12.2 Å². The number of fused-ring (bicyclic) bond motifs is 2. The van der Waals surface area contributed by atoms with Gasteiger partial charge < -0.3 is 11.1 Å². The summed E-state index contributed by atoms with van der Waals surface area (Å²) < 4.78 is 0. The lowest BCUT2D eigenvalue weighted by molar-refractivity contribution is 0.508. The smallest absolute Gasteiger partial charge is 0.0818 e. The summed E-state index contributed by atoms with van der Waals surface area (Å²) in [6, 6.07) is 55.3. The van der Waals surface area contributed by atoms with E-state index in [0.717, 1.165) is 27.7 Å². The third-order valence-corrected chi connectivity index (χ3v) is 9.63. The average Bonchev–Trinajstić information content (AvgIpc) is 3.18. The van der Waals surface area contributed by atoms with Crippen LogP contribution in [0.5, 0.6) is 0 Å². The Kier molecular flexibility index (Phi) is 10.0. The van der Waals surface area contributed by atoms with Crippen LogP contribution < -0.4 is 26.8 Å². The van der Waals surface area contributed by atoms with Crippen LogP contribution in [0.4, 0.5) is 11.4 Å². The van der Waals surface area contributed by atoms with Crippen molar-refractivity contribution >= 4 is 50.1 Å². The van der Waals surface area contributed by atoms with E-state index in [2.05, 4.69) is 195 Å². The van der Waals surface area contributed by atoms with Crippen LogP contribution in [0, 0.1) is 0 Å². The lowest BCUT2D eigenvalue weighted by atomic mass is 9.94. The molecule has 0 aromatic heterocycles. The standard InChI is InChI=1S/C48H43N3/c1-4-15-36-17-10-12-24-43(36)34(3)47-44-25-13-11-18-37(44)28-29-45(47)50-42-23-14-22-41(32-42)48(49)51-46(38-19-6-5-7-20-38)30-33(2)39-27-26-35-16-8-9-21-40(35)31-39/h4-32,46,48,50-51H,1,49H2,2-3H3/b33-30+,36-15-,43-34+. The van der Waals surface area contributed by atoms with Crippen LogP contribution in [0.1, 0.15) is 48.3 Å². The van der Waals surface area contributed by atoms with E-state index in [1.54, 1.807) is 0 Å². The fourth-order valence-electron chi connectivity index (χ4n) is 6.96. The van der Waals surface area contributed by atoms with Gasteiger partial charge in [0.15, 0.2) is 0 Å². The van der Waals surface area contributed by atoms with Gasteiger partial charge in [0, 0.05) is 16.9 Å². The van der Waals surface area contributed by atoms with Crippen LogP contribution in [0.15, 0.2) is 176 Å². The van der Waals surface area contributed by atoms with Crippen molar-refractivity contribution < 1.29 is 0 Å². The molecule has 250 valence electrons. The summed E-state index contributed by atoms with van der Waals surface area (Å²) in [4.78, 5) is 0. The molecule has 7 rings (SSSR count). The molecule has 0 aliphatic rings. The zero-order valence-corrected chi connectivity index (χ0v) is 29.2. The molecule has 0 bridgehead atoms. The van der Waals surface area contributed by atoms with E-state index in [9.17, 15) is 0 Å². The molecule has 3 heteroatoms. The second-order valence-electron chi connectivity index (χ2n) is 13.0. The molecule has 51 heavy (non-hydrogen) atoms. The lowest BCUT2D eigenvalue weighted by Gasteiger charge is -2.23. The van der Waals surface area contributed by atoms with E-state index in [0.29, 0.717) is 0 Å². The Morgan fingerprint density at radius 1 is 0.647 bits per heavy atom. The molecular weight excluding hydrogens is 619 g/mol. The molecule has 4 N–H and O–H groups in total. The predicted molar refractivity (Wildman–Crippen MR) is 219 cm³/mol. The minimum atomic E-state index is -0.414. The van der Waals surface area contributed by atoms with E-state index in [1.165, 1.54) is 49.0 Å². The predicted octanol–water partition coefficient (Wildman–Crippen LogP) is 10.3. The van der Waals surface area contributed by atoms with Gasteiger partial charge in [0.2, 0.25) is 0 Å². The van der Waals surface area contributed by atoms with E-state index in [-0.39, 0.29) is 6.04 Å². The van der Waals surface area contributed by atoms with Crippen LogP contribution in [0.3, 0.4) is 0 Å². The molecule has 2 unspecified atom stereocenters. The van der Waals surface area contributed by atoms with Crippen LogP contribution in [-0.4, -0.2) is 0 Å². The Bertz CT molecular complexity index is 2490. The molecule has 0 amide bonds. The number of rotatable bonds is 10. The highest BCUT2D eigenvalue weighted by molar-refractivity contribution is 5.99. The van der Waals surface area contributed by atoms with Gasteiger partial charge in [-0.2, -0.15) is 0 Å². The molecule has 0 spiro atoms. The van der Waals surface area contributed by atoms with Crippen LogP contribution in [0.25, 0.3) is 38.8 Å². The maximum Gasteiger partial charge on any atom is 0.0818 e. The van der Waals surface area contributed by atoms with Gasteiger partial charge in [0.1, 0.15) is 0 Å². The lowest BCUT2D eigenvalue weighted by Crippen LogP contribution is -2.31. The topological polar surface area (TPSA) is 50.1 Å². The number of allylic oxidation sites excluding steroid dienone is 2. The summed E-state index contributed by atoms with van der Waals surface area (Å²) in [7, 11) is 0. The molecule has 0 fully saturated rings. The highest BCUT2D eigenvalue weighted by atomic mass is 15.0. The molecule has 7 aromatic carbocycles. The summed E-state index contributed by atoms with van der Waals surface area (Å²) in [5.74, 6) is 0. The van der Waals surface area contributed by atoms with Gasteiger partial charge in [0.25, 0.3) is 0 Å². The van der Waals surface area contributed by atoms with Crippen molar-refractivity contribution in [2.24, 2.45) is 5.73 Å². The average molecular weight is 662 g/mol. The number of nitrogens with one attached hydrogen (secondary N) is 2. The number of hydrogen-bond acceptors (Lipinski definition) is 3. The van der Waals surface area contributed by atoms with Crippen molar-refractivity contribution in [3.8, 4) is 0 Å². The Morgan fingerprint density at radius 3 is 2.16 bits per heavy atom. The van der Waals surface area contributed by atoms with Gasteiger partial charge in [-0.1, -0.05) is 158 Å². The summed E-state index contributed by atoms with van der Waals surface area (Å²) >= 11 is 0. The first-order chi connectivity index (χ1) is 25.0. The molecule has 0 saturated carbocycles.